The maximum Gasteiger partial charge on any atom is 0.307 e. The van der Waals surface area contributed by atoms with E-state index >= 15 is 0 Å². The number of ether oxygens (including phenoxy) is 2. The SMILES string of the molecule is CCOC(=O)CC1NCCN(CC2CCCO2)C1=O.Cl. The van der Waals surface area contributed by atoms with Crippen LogP contribution in [0.4, 0.5) is 0 Å². The predicted octanol–water partition coefficient (Wildman–Crippen LogP) is 0.341. The lowest BCUT2D eigenvalue weighted by Gasteiger charge is -2.34. The van der Waals surface area contributed by atoms with Crippen LogP contribution in [0.5, 0.6) is 0 Å². The molecule has 0 spiro atoms. The van der Waals surface area contributed by atoms with Gasteiger partial charge in [0.05, 0.1) is 25.2 Å². The average Bonchev–Trinajstić information content (AvgIpc) is 2.87. The predicted molar refractivity (Wildman–Crippen MR) is 75.8 cm³/mol. The Morgan fingerprint density at radius 3 is 3.00 bits per heavy atom. The second-order valence-corrected chi connectivity index (χ2v) is 4.94. The number of hydrogen-bond donors (Lipinski definition) is 1. The van der Waals surface area contributed by atoms with Crippen molar-refractivity contribution in [1.29, 1.82) is 0 Å². The summed E-state index contributed by atoms with van der Waals surface area (Å²) in [7, 11) is 0. The third-order valence-electron chi connectivity index (χ3n) is 3.51. The highest BCUT2D eigenvalue weighted by Crippen LogP contribution is 2.15. The molecule has 1 amide bonds. The van der Waals surface area contributed by atoms with Gasteiger partial charge in [0.1, 0.15) is 0 Å². The number of rotatable bonds is 5. The van der Waals surface area contributed by atoms with Crippen LogP contribution in [-0.2, 0) is 19.1 Å². The molecule has 2 aliphatic rings. The zero-order valence-corrected chi connectivity index (χ0v) is 12.6. The number of piperazine rings is 1. The number of halogens is 1. The van der Waals surface area contributed by atoms with Gasteiger partial charge in [-0.1, -0.05) is 0 Å². The van der Waals surface area contributed by atoms with E-state index in [1.54, 1.807) is 11.8 Å². The van der Waals surface area contributed by atoms with Crippen molar-refractivity contribution in [3.63, 3.8) is 0 Å². The molecule has 20 heavy (non-hydrogen) atoms. The minimum atomic E-state index is -0.450. The fraction of sp³-hybridized carbons (Fsp3) is 0.846. The van der Waals surface area contributed by atoms with E-state index in [9.17, 15) is 9.59 Å². The second kappa shape index (κ2) is 8.44. The van der Waals surface area contributed by atoms with Crippen LogP contribution in [-0.4, -0.2) is 61.8 Å². The molecule has 0 aromatic heterocycles. The highest BCUT2D eigenvalue weighted by molar-refractivity contribution is 5.87. The van der Waals surface area contributed by atoms with Crippen molar-refractivity contribution in [3.05, 3.63) is 0 Å². The van der Waals surface area contributed by atoms with Gasteiger partial charge < -0.3 is 19.7 Å². The molecule has 2 unspecified atom stereocenters. The first kappa shape index (κ1) is 17.2. The topological polar surface area (TPSA) is 67.9 Å². The van der Waals surface area contributed by atoms with Crippen molar-refractivity contribution in [3.8, 4) is 0 Å². The number of carbonyl (C=O) groups excluding carboxylic acids is 2. The van der Waals surface area contributed by atoms with Crippen LogP contribution in [0.2, 0.25) is 0 Å². The van der Waals surface area contributed by atoms with Gasteiger partial charge in [0.25, 0.3) is 0 Å². The van der Waals surface area contributed by atoms with Gasteiger partial charge in [-0.05, 0) is 19.8 Å². The first-order chi connectivity index (χ1) is 9.20. The van der Waals surface area contributed by atoms with E-state index in [2.05, 4.69) is 5.32 Å². The summed E-state index contributed by atoms with van der Waals surface area (Å²) in [4.78, 5) is 25.5. The second-order valence-electron chi connectivity index (χ2n) is 4.94. The molecule has 7 heteroatoms. The van der Waals surface area contributed by atoms with E-state index in [0.29, 0.717) is 26.2 Å². The van der Waals surface area contributed by atoms with Gasteiger partial charge >= 0.3 is 5.97 Å². The summed E-state index contributed by atoms with van der Waals surface area (Å²) >= 11 is 0. The molecule has 0 aliphatic carbocycles. The molecule has 0 bridgehead atoms. The van der Waals surface area contributed by atoms with E-state index in [1.165, 1.54) is 0 Å². The molecular weight excluding hydrogens is 284 g/mol. The summed E-state index contributed by atoms with van der Waals surface area (Å²) < 4.78 is 10.4. The van der Waals surface area contributed by atoms with E-state index in [-0.39, 0.29) is 36.8 Å². The van der Waals surface area contributed by atoms with Crippen molar-refractivity contribution < 1.29 is 19.1 Å². The largest absolute Gasteiger partial charge is 0.466 e. The lowest BCUT2D eigenvalue weighted by atomic mass is 10.1. The van der Waals surface area contributed by atoms with Crippen LogP contribution in [0.25, 0.3) is 0 Å². The summed E-state index contributed by atoms with van der Waals surface area (Å²) in [5.41, 5.74) is 0. The molecule has 2 rings (SSSR count). The third-order valence-corrected chi connectivity index (χ3v) is 3.51. The van der Waals surface area contributed by atoms with Crippen LogP contribution in [0.15, 0.2) is 0 Å². The quantitative estimate of drug-likeness (QED) is 0.742. The van der Waals surface area contributed by atoms with Crippen LogP contribution in [0, 0.1) is 0 Å². The molecule has 2 atom stereocenters. The summed E-state index contributed by atoms with van der Waals surface area (Å²) in [5, 5.41) is 3.08. The highest BCUT2D eigenvalue weighted by Gasteiger charge is 2.32. The molecule has 2 saturated heterocycles. The van der Waals surface area contributed by atoms with Crippen LogP contribution in [0.1, 0.15) is 26.2 Å². The Balaban J connectivity index is 0.00000200. The molecule has 0 aromatic carbocycles. The summed E-state index contributed by atoms with van der Waals surface area (Å²) in [5.74, 6) is -0.345. The highest BCUT2D eigenvalue weighted by atomic mass is 35.5. The minimum Gasteiger partial charge on any atom is -0.466 e. The molecule has 0 radical (unpaired) electrons. The van der Waals surface area contributed by atoms with Crippen LogP contribution < -0.4 is 5.32 Å². The third kappa shape index (κ3) is 4.61. The van der Waals surface area contributed by atoms with Crippen LogP contribution in [0.3, 0.4) is 0 Å². The molecular formula is C13H23ClN2O4. The van der Waals surface area contributed by atoms with Crippen molar-refractivity contribution in [2.24, 2.45) is 0 Å². The first-order valence-corrected chi connectivity index (χ1v) is 7.00. The smallest absolute Gasteiger partial charge is 0.307 e. The molecule has 0 saturated carbocycles. The number of carbonyl (C=O) groups is 2. The maximum atomic E-state index is 12.3. The zero-order valence-electron chi connectivity index (χ0n) is 11.8. The van der Waals surface area contributed by atoms with Crippen molar-refractivity contribution in [2.45, 2.75) is 38.3 Å². The molecule has 116 valence electrons. The number of nitrogens with one attached hydrogen (secondary N) is 1. The van der Waals surface area contributed by atoms with Crippen molar-refractivity contribution in [2.75, 3.05) is 32.8 Å². The molecule has 2 fully saturated rings. The normalized spacial score (nSPS) is 26.2. The Hall–Kier alpha value is -0.850. The number of esters is 1. The van der Waals surface area contributed by atoms with Gasteiger partial charge in [-0.15, -0.1) is 12.4 Å². The van der Waals surface area contributed by atoms with Gasteiger partial charge in [0, 0.05) is 26.2 Å². The summed E-state index contributed by atoms with van der Waals surface area (Å²) in [6.07, 6.45) is 2.34. The molecule has 1 N–H and O–H groups in total. The Bertz CT molecular complexity index is 334. The number of nitrogens with zero attached hydrogens (tertiary/aromatic N) is 1. The first-order valence-electron chi connectivity index (χ1n) is 7.00. The molecule has 0 aromatic rings. The fourth-order valence-electron chi connectivity index (χ4n) is 2.55. The van der Waals surface area contributed by atoms with Gasteiger partial charge in [0.2, 0.25) is 5.91 Å². The van der Waals surface area contributed by atoms with Gasteiger partial charge in [-0.2, -0.15) is 0 Å². The van der Waals surface area contributed by atoms with Crippen molar-refractivity contribution >= 4 is 24.3 Å². The monoisotopic (exact) mass is 306 g/mol. The maximum absolute atomic E-state index is 12.3. The number of hydrogen-bond acceptors (Lipinski definition) is 5. The molecule has 6 nitrogen and oxygen atoms in total. The van der Waals surface area contributed by atoms with E-state index in [0.717, 1.165) is 19.4 Å². The Kier molecular flexibility index (Phi) is 7.26. The van der Waals surface area contributed by atoms with Gasteiger partial charge in [-0.3, -0.25) is 9.59 Å². The lowest BCUT2D eigenvalue weighted by molar-refractivity contribution is -0.148. The molecule has 2 aliphatic heterocycles. The van der Waals surface area contributed by atoms with E-state index in [4.69, 9.17) is 9.47 Å². The Labute approximate surface area is 125 Å². The molecule has 2 heterocycles. The average molecular weight is 307 g/mol. The number of amides is 1. The lowest BCUT2D eigenvalue weighted by Crippen LogP contribution is -2.57. The fourth-order valence-corrected chi connectivity index (χ4v) is 2.55. The zero-order chi connectivity index (χ0) is 13.7. The summed E-state index contributed by atoms with van der Waals surface area (Å²) in [6.45, 7) is 4.93. The summed E-state index contributed by atoms with van der Waals surface area (Å²) in [6, 6.07) is -0.450. The van der Waals surface area contributed by atoms with Crippen molar-refractivity contribution in [1.82, 2.24) is 10.2 Å². The van der Waals surface area contributed by atoms with Gasteiger partial charge in [0.15, 0.2) is 0 Å². The minimum absolute atomic E-state index is 0. The van der Waals surface area contributed by atoms with E-state index in [1.807, 2.05) is 0 Å². The van der Waals surface area contributed by atoms with Crippen LogP contribution >= 0.6 is 12.4 Å². The van der Waals surface area contributed by atoms with E-state index < -0.39 is 6.04 Å². The Morgan fingerprint density at radius 1 is 1.55 bits per heavy atom. The Morgan fingerprint density at radius 2 is 2.35 bits per heavy atom. The van der Waals surface area contributed by atoms with Gasteiger partial charge in [-0.25, -0.2) is 0 Å². The standard InChI is InChI=1S/C13H22N2O4.ClH/c1-2-18-12(16)8-11-13(17)15(6-5-14-11)9-10-4-3-7-19-10;/h10-11,14H,2-9H2,1H3;1H.